The molecule has 0 radical (unpaired) electrons. The molecule has 0 unspecified atom stereocenters. The van der Waals surface area contributed by atoms with Crippen LogP contribution in [0.15, 0.2) is 48.9 Å². The lowest BCUT2D eigenvalue weighted by Crippen LogP contribution is -2.32. The lowest BCUT2D eigenvalue weighted by atomic mass is 10.0. The van der Waals surface area contributed by atoms with E-state index in [0.717, 1.165) is 33.7 Å². The molecule has 0 saturated carbocycles. The Bertz CT molecular complexity index is 1310. The third-order valence-electron chi connectivity index (χ3n) is 6.07. The molecule has 1 aliphatic heterocycles. The highest BCUT2D eigenvalue weighted by Crippen LogP contribution is 2.31. The molecule has 10 heteroatoms. The van der Waals surface area contributed by atoms with Crippen LogP contribution in [0, 0.1) is 0 Å². The van der Waals surface area contributed by atoms with Gasteiger partial charge in [-0.15, -0.1) is 0 Å². The average molecular weight is 468 g/mol. The molecule has 0 amide bonds. The minimum atomic E-state index is -4.28. The Morgan fingerprint density at radius 3 is 2.74 bits per heavy atom. The summed E-state index contributed by atoms with van der Waals surface area (Å²) in [6, 6.07) is 11.7. The van der Waals surface area contributed by atoms with Crippen LogP contribution in [-0.2, 0) is 19.5 Å². The predicted molar refractivity (Wildman–Crippen MR) is 121 cm³/mol. The Morgan fingerprint density at radius 2 is 1.94 bits per heavy atom. The normalized spacial score (nSPS) is 13.9. The van der Waals surface area contributed by atoms with Crippen molar-refractivity contribution in [3.8, 4) is 0 Å². The topological polar surface area (TPSA) is 79.7 Å². The number of nitrogens with zero attached hydrogens (tertiary/aromatic N) is 5. The van der Waals surface area contributed by atoms with Crippen molar-refractivity contribution in [3.63, 3.8) is 0 Å². The molecule has 5 rings (SSSR count). The lowest BCUT2D eigenvalue weighted by Gasteiger charge is -2.29. The Hall–Kier alpha value is -3.69. The van der Waals surface area contributed by atoms with Gasteiger partial charge in [0.05, 0.1) is 11.9 Å². The number of carbonyl (C=O) groups excluding carboxylic acids is 1. The predicted octanol–water partition coefficient (Wildman–Crippen LogP) is 4.68. The van der Waals surface area contributed by atoms with Crippen molar-refractivity contribution < 1.29 is 18.0 Å². The number of hydrogen-bond acceptors (Lipinski definition) is 5. The van der Waals surface area contributed by atoms with Gasteiger partial charge < -0.3 is 9.88 Å². The smallest absolute Gasteiger partial charge is 0.351 e. The highest BCUT2D eigenvalue weighted by molar-refractivity contribution is 5.96. The Labute approximate surface area is 193 Å². The quantitative estimate of drug-likeness (QED) is 0.399. The molecule has 4 aromatic rings. The zero-order valence-corrected chi connectivity index (χ0v) is 18.3. The molecular weight excluding hydrogens is 445 g/mol. The zero-order chi connectivity index (χ0) is 23.7. The summed E-state index contributed by atoms with van der Waals surface area (Å²) in [4.78, 5) is 26.8. The number of H-pyrrole nitrogens is 1. The molecule has 1 aromatic carbocycles. The summed E-state index contributed by atoms with van der Waals surface area (Å²) in [6.07, 6.45) is -1.77. The number of aromatic nitrogens is 5. The first-order valence-corrected chi connectivity index (χ1v) is 11.1. The van der Waals surface area contributed by atoms with E-state index < -0.39 is 12.6 Å². The van der Waals surface area contributed by atoms with E-state index in [9.17, 15) is 18.0 Å². The van der Waals surface area contributed by atoms with E-state index in [2.05, 4.69) is 25.0 Å². The van der Waals surface area contributed by atoms with Crippen LogP contribution >= 0.6 is 0 Å². The van der Waals surface area contributed by atoms with E-state index in [1.165, 1.54) is 6.33 Å². The van der Waals surface area contributed by atoms with E-state index in [-0.39, 0.29) is 24.3 Å². The van der Waals surface area contributed by atoms with Gasteiger partial charge in [0.1, 0.15) is 23.5 Å². The van der Waals surface area contributed by atoms with Crippen LogP contribution < -0.4 is 4.90 Å². The summed E-state index contributed by atoms with van der Waals surface area (Å²) < 4.78 is 39.7. The van der Waals surface area contributed by atoms with Crippen molar-refractivity contribution in [2.24, 2.45) is 0 Å². The number of alkyl halides is 3. The number of fused-ring (bicyclic) bond motifs is 2. The van der Waals surface area contributed by atoms with E-state index in [4.69, 9.17) is 0 Å². The first kappa shape index (κ1) is 22.1. The standard InChI is InChI=1S/C24H23F3N6O/c25-24(26,27)10-4-7-20(34)21-18-14-32(23-17-8-11-28-22(17)29-15-30-23)12-9-19(18)33(31-21)13-16-5-2-1-3-6-16/h1-3,5-6,8,11,15H,4,7,9-10,12-14H2,(H,28,29,30). The SMILES string of the molecule is O=C(CCCC(F)(F)F)c1nn(Cc2ccccc2)c2c1CN(c1ncnc3[nH]ccc13)CC2. The summed E-state index contributed by atoms with van der Waals surface area (Å²) in [7, 11) is 0. The number of ketones is 1. The van der Waals surface area contributed by atoms with Crippen molar-refractivity contribution in [2.45, 2.75) is 44.9 Å². The van der Waals surface area contributed by atoms with Crippen molar-refractivity contribution in [3.05, 3.63) is 71.4 Å². The zero-order valence-electron chi connectivity index (χ0n) is 18.3. The number of rotatable bonds is 7. The minimum absolute atomic E-state index is 0.191. The fraction of sp³-hybridized carbons (Fsp3) is 0.333. The fourth-order valence-corrected chi connectivity index (χ4v) is 4.46. The van der Waals surface area contributed by atoms with Crippen LogP contribution in [0.25, 0.3) is 11.0 Å². The third kappa shape index (κ3) is 4.52. The van der Waals surface area contributed by atoms with Gasteiger partial charge in [-0.2, -0.15) is 18.3 Å². The lowest BCUT2D eigenvalue weighted by molar-refractivity contribution is -0.135. The maximum atomic E-state index is 13.0. The van der Waals surface area contributed by atoms with E-state index >= 15 is 0 Å². The maximum absolute atomic E-state index is 13.0. The summed E-state index contributed by atoms with van der Waals surface area (Å²) in [5.74, 6) is 0.395. The van der Waals surface area contributed by atoms with Gasteiger partial charge in [0, 0.05) is 49.8 Å². The second-order valence-electron chi connectivity index (χ2n) is 8.42. The molecular formula is C24H23F3N6O. The van der Waals surface area contributed by atoms with Crippen LogP contribution in [0.2, 0.25) is 0 Å². The first-order valence-electron chi connectivity index (χ1n) is 11.1. The summed E-state index contributed by atoms with van der Waals surface area (Å²) in [5.41, 5.74) is 3.73. The van der Waals surface area contributed by atoms with E-state index in [1.54, 1.807) is 6.20 Å². The Balaban J connectivity index is 1.46. The number of nitrogens with one attached hydrogen (secondary N) is 1. The van der Waals surface area contributed by atoms with Crippen molar-refractivity contribution in [1.29, 1.82) is 0 Å². The van der Waals surface area contributed by atoms with Crippen LogP contribution in [0.5, 0.6) is 0 Å². The second kappa shape index (κ2) is 8.92. The molecule has 0 atom stereocenters. The second-order valence-corrected chi connectivity index (χ2v) is 8.42. The molecule has 0 saturated heterocycles. The molecule has 34 heavy (non-hydrogen) atoms. The fourth-order valence-electron chi connectivity index (χ4n) is 4.46. The summed E-state index contributed by atoms with van der Waals surface area (Å²) in [5, 5.41) is 5.48. The Morgan fingerprint density at radius 1 is 1.12 bits per heavy atom. The highest BCUT2D eigenvalue weighted by atomic mass is 19.4. The number of aromatic amines is 1. The number of anilines is 1. The van der Waals surface area contributed by atoms with Crippen LogP contribution in [0.4, 0.5) is 19.0 Å². The molecule has 0 aliphatic carbocycles. The number of hydrogen-bond donors (Lipinski definition) is 1. The third-order valence-corrected chi connectivity index (χ3v) is 6.07. The van der Waals surface area contributed by atoms with Crippen molar-refractivity contribution >= 4 is 22.6 Å². The molecule has 7 nitrogen and oxygen atoms in total. The Kier molecular flexibility index (Phi) is 5.80. The largest absolute Gasteiger partial charge is 0.389 e. The van der Waals surface area contributed by atoms with Gasteiger partial charge in [-0.3, -0.25) is 9.48 Å². The van der Waals surface area contributed by atoms with Crippen molar-refractivity contribution in [1.82, 2.24) is 24.7 Å². The monoisotopic (exact) mass is 468 g/mol. The molecule has 0 bridgehead atoms. The molecule has 4 heterocycles. The molecule has 1 N–H and O–H groups in total. The van der Waals surface area contributed by atoms with Gasteiger partial charge in [0.25, 0.3) is 0 Å². The van der Waals surface area contributed by atoms with Gasteiger partial charge >= 0.3 is 6.18 Å². The summed E-state index contributed by atoms with van der Waals surface area (Å²) >= 11 is 0. The average Bonchev–Trinajstić information content (AvgIpc) is 3.43. The van der Waals surface area contributed by atoms with E-state index in [0.29, 0.717) is 26.1 Å². The van der Waals surface area contributed by atoms with Gasteiger partial charge in [-0.25, -0.2) is 9.97 Å². The minimum Gasteiger partial charge on any atom is -0.351 e. The first-order chi connectivity index (χ1) is 16.4. The van der Waals surface area contributed by atoms with Crippen LogP contribution in [0.3, 0.4) is 0 Å². The number of carbonyl (C=O) groups is 1. The maximum Gasteiger partial charge on any atom is 0.389 e. The van der Waals surface area contributed by atoms with Gasteiger partial charge in [0.2, 0.25) is 0 Å². The molecule has 1 aliphatic rings. The molecule has 0 spiro atoms. The molecule has 3 aromatic heterocycles. The van der Waals surface area contributed by atoms with Crippen LogP contribution in [-0.4, -0.2) is 43.2 Å². The number of benzene rings is 1. The highest BCUT2D eigenvalue weighted by Gasteiger charge is 2.31. The summed E-state index contributed by atoms with van der Waals surface area (Å²) in [6.45, 7) is 1.57. The molecule has 0 fully saturated rings. The number of halogens is 3. The number of Topliss-reactive ketones (excluding diaryl/α,β-unsaturated/α-hetero) is 1. The van der Waals surface area contributed by atoms with Gasteiger partial charge in [-0.1, -0.05) is 30.3 Å². The van der Waals surface area contributed by atoms with Gasteiger partial charge in [-0.05, 0) is 18.1 Å². The van der Waals surface area contributed by atoms with Crippen LogP contribution in [0.1, 0.15) is 46.6 Å². The molecule has 176 valence electrons. The van der Waals surface area contributed by atoms with Gasteiger partial charge in [0.15, 0.2) is 5.78 Å². The van der Waals surface area contributed by atoms with Crippen molar-refractivity contribution in [2.75, 3.05) is 11.4 Å². The van der Waals surface area contributed by atoms with E-state index in [1.807, 2.05) is 41.1 Å².